The lowest BCUT2D eigenvalue weighted by molar-refractivity contribution is -0.151. The van der Waals surface area contributed by atoms with E-state index in [4.69, 9.17) is 5.73 Å². The molecule has 0 aromatic heterocycles. The van der Waals surface area contributed by atoms with Gasteiger partial charge < -0.3 is 5.73 Å². The minimum Gasteiger partial charge on any atom is -0.328 e. The van der Waals surface area contributed by atoms with Gasteiger partial charge in [0.15, 0.2) is 5.78 Å². The summed E-state index contributed by atoms with van der Waals surface area (Å²) in [6.07, 6.45) is 0.376. The first-order valence-electron chi connectivity index (χ1n) is 6.99. The molecule has 5 nitrogen and oxygen atoms in total. The molecule has 0 aliphatic heterocycles. The van der Waals surface area contributed by atoms with E-state index in [9.17, 15) is 14.4 Å². The van der Waals surface area contributed by atoms with Gasteiger partial charge in [0.05, 0.1) is 0 Å². The van der Waals surface area contributed by atoms with Crippen molar-refractivity contribution in [2.75, 3.05) is 6.54 Å². The molecule has 1 atom stereocenters. The molecular formula is C14H28N2O3. The molecule has 1 unspecified atom stereocenters. The Bertz CT molecular complexity index is 285. The van der Waals surface area contributed by atoms with Gasteiger partial charge in [-0.05, 0) is 0 Å². The van der Waals surface area contributed by atoms with Crippen LogP contribution >= 0.6 is 0 Å². The molecule has 0 saturated carbocycles. The molecule has 0 aliphatic rings. The predicted molar refractivity (Wildman–Crippen MR) is 76.5 cm³/mol. The monoisotopic (exact) mass is 272 g/mol. The molecule has 0 rings (SSSR count). The highest BCUT2D eigenvalue weighted by Crippen LogP contribution is 2.10. The zero-order valence-electron chi connectivity index (χ0n) is 13.0. The fourth-order valence-electron chi connectivity index (χ4n) is 1.56. The van der Waals surface area contributed by atoms with E-state index in [1.807, 2.05) is 13.8 Å². The Hall–Kier alpha value is -1.23. The molecule has 0 fully saturated rings. The summed E-state index contributed by atoms with van der Waals surface area (Å²) >= 11 is 0. The molecule has 0 aliphatic carbocycles. The van der Waals surface area contributed by atoms with E-state index in [1.54, 1.807) is 27.7 Å². The van der Waals surface area contributed by atoms with Gasteiger partial charge in [-0.1, -0.05) is 41.5 Å². The van der Waals surface area contributed by atoms with E-state index in [0.717, 1.165) is 4.90 Å². The van der Waals surface area contributed by atoms with Crippen molar-refractivity contribution in [3.63, 3.8) is 0 Å². The number of amides is 2. The van der Waals surface area contributed by atoms with Gasteiger partial charge in [0.2, 0.25) is 11.8 Å². The van der Waals surface area contributed by atoms with Crippen molar-refractivity contribution in [2.45, 2.75) is 60.4 Å². The molecule has 0 bridgehead atoms. The fraction of sp³-hybridized carbons (Fsp3) is 0.786. The maximum absolute atomic E-state index is 11.9. The number of rotatable bonds is 6. The topological polar surface area (TPSA) is 80.5 Å². The Labute approximate surface area is 116 Å². The second-order valence-electron chi connectivity index (χ2n) is 4.17. The Balaban J connectivity index is 0. The quantitative estimate of drug-likeness (QED) is 0.798. The Morgan fingerprint density at radius 2 is 1.37 bits per heavy atom. The number of nitrogens with zero attached hydrogens (tertiary/aromatic N) is 1. The molecule has 0 aromatic carbocycles. The summed E-state index contributed by atoms with van der Waals surface area (Å²) in [6.45, 7) is 10.8. The molecule has 2 amide bonds. The highest BCUT2D eigenvalue weighted by molar-refractivity contribution is 6.01. The SMILES string of the molecule is CC.CCC(=O)N(C(=O)CC)C(CN)C(=O)C(C)C. The molecular weight excluding hydrogens is 244 g/mol. The molecule has 0 saturated heterocycles. The van der Waals surface area contributed by atoms with Gasteiger partial charge in [0.25, 0.3) is 0 Å². The van der Waals surface area contributed by atoms with Crippen LogP contribution in [-0.2, 0) is 14.4 Å². The second-order valence-corrected chi connectivity index (χ2v) is 4.17. The number of carbonyl (C=O) groups excluding carboxylic acids is 3. The number of ketones is 1. The highest BCUT2D eigenvalue weighted by Gasteiger charge is 2.32. The van der Waals surface area contributed by atoms with Crippen LogP contribution in [0.1, 0.15) is 54.4 Å². The Kier molecular flexibility index (Phi) is 11.3. The standard InChI is InChI=1S/C12H22N2O3.C2H6/c1-5-10(15)14(11(16)6-2)9(7-13)12(17)8(3)4;1-2/h8-9H,5-7,13H2,1-4H3;1-2H3. The van der Waals surface area contributed by atoms with E-state index in [-0.39, 0.29) is 42.9 Å². The maximum Gasteiger partial charge on any atom is 0.229 e. The molecule has 19 heavy (non-hydrogen) atoms. The molecule has 5 heteroatoms. The van der Waals surface area contributed by atoms with E-state index in [2.05, 4.69) is 0 Å². The normalized spacial score (nSPS) is 11.4. The summed E-state index contributed by atoms with van der Waals surface area (Å²) < 4.78 is 0. The summed E-state index contributed by atoms with van der Waals surface area (Å²) in [5, 5.41) is 0. The van der Waals surface area contributed by atoms with Crippen LogP contribution in [0.2, 0.25) is 0 Å². The van der Waals surface area contributed by atoms with Crippen LogP contribution in [0.5, 0.6) is 0 Å². The predicted octanol–water partition coefficient (Wildman–Crippen LogP) is 1.74. The third kappa shape index (κ3) is 5.96. The summed E-state index contributed by atoms with van der Waals surface area (Å²) in [4.78, 5) is 36.4. The van der Waals surface area contributed by atoms with Gasteiger partial charge >= 0.3 is 0 Å². The first kappa shape index (κ1) is 20.1. The summed E-state index contributed by atoms with van der Waals surface area (Å²) in [5.74, 6) is -1.11. The minimum atomic E-state index is -0.824. The lowest BCUT2D eigenvalue weighted by Crippen LogP contribution is -2.53. The summed E-state index contributed by atoms with van der Waals surface area (Å²) in [6, 6.07) is -0.824. The Morgan fingerprint density at radius 3 is 1.58 bits per heavy atom. The average molecular weight is 272 g/mol. The highest BCUT2D eigenvalue weighted by atomic mass is 16.2. The number of hydrogen-bond donors (Lipinski definition) is 1. The van der Waals surface area contributed by atoms with Crippen molar-refractivity contribution < 1.29 is 14.4 Å². The number of carbonyl (C=O) groups is 3. The van der Waals surface area contributed by atoms with E-state index >= 15 is 0 Å². The fourth-order valence-corrected chi connectivity index (χ4v) is 1.56. The number of hydrogen-bond acceptors (Lipinski definition) is 4. The molecule has 0 spiro atoms. The average Bonchev–Trinajstić information content (AvgIpc) is 2.44. The van der Waals surface area contributed by atoms with Crippen molar-refractivity contribution in [3.05, 3.63) is 0 Å². The van der Waals surface area contributed by atoms with Crippen LogP contribution in [-0.4, -0.2) is 35.1 Å². The number of Topliss-reactive ketones (excluding diaryl/α,β-unsaturated/α-hetero) is 1. The van der Waals surface area contributed by atoms with Crippen molar-refractivity contribution in [3.8, 4) is 0 Å². The second kappa shape index (κ2) is 10.7. The molecule has 0 aromatic rings. The van der Waals surface area contributed by atoms with Gasteiger partial charge in [0.1, 0.15) is 6.04 Å². The van der Waals surface area contributed by atoms with Gasteiger partial charge in [-0.2, -0.15) is 0 Å². The first-order valence-corrected chi connectivity index (χ1v) is 6.99. The molecule has 0 radical (unpaired) electrons. The van der Waals surface area contributed by atoms with Gasteiger partial charge in [0, 0.05) is 25.3 Å². The third-order valence-electron chi connectivity index (χ3n) is 2.57. The zero-order chi connectivity index (χ0) is 15.6. The molecule has 2 N–H and O–H groups in total. The van der Waals surface area contributed by atoms with Crippen LogP contribution in [0.15, 0.2) is 0 Å². The largest absolute Gasteiger partial charge is 0.328 e. The van der Waals surface area contributed by atoms with E-state index in [0.29, 0.717) is 0 Å². The van der Waals surface area contributed by atoms with Crippen molar-refractivity contribution in [1.29, 1.82) is 0 Å². The number of nitrogens with two attached hydrogens (primary N) is 1. The first-order chi connectivity index (χ1) is 8.90. The lowest BCUT2D eigenvalue weighted by Gasteiger charge is -2.28. The van der Waals surface area contributed by atoms with Gasteiger partial charge in [-0.3, -0.25) is 19.3 Å². The maximum atomic E-state index is 11.9. The van der Waals surface area contributed by atoms with Crippen LogP contribution in [0.3, 0.4) is 0 Å². The minimum absolute atomic E-state index is 0.0194. The van der Waals surface area contributed by atoms with Gasteiger partial charge in [-0.15, -0.1) is 0 Å². The van der Waals surface area contributed by atoms with Crippen LogP contribution in [0.4, 0.5) is 0 Å². The van der Waals surface area contributed by atoms with Crippen molar-refractivity contribution >= 4 is 17.6 Å². The molecule has 112 valence electrons. The lowest BCUT2D eigenvalue weighted by atomic mass is 10.00. The van der Waals surface area contributed by atoms with Crippen LogP contribution in [0.25, 0.3) is 0 Å². The van der Waals surface area contributed by atoms with Gasteiger partial charge in [-0.25, -0.2) is 0 Å². The summed E-state index contributed by atoms with van der Waals surface area (Å²) in [5.41, 5.74) is 5.53. The Morgan fingerprint density at radius 1 is 1.00 bits per heavy atom. The third-order valence-corrected chi connectivity index (χ3v) is 2.57. The van der Waals surface area contributed by atoms with Crippen LogP contribution in [0, 0.1) is 5.92 Å². The molecule has 0 heterocycles. The van der Waals surface area contributed by atoms with Crippen molar-refractivity contribution in [2.24, 2.45) is 11.7 Å². The van der Waals surface area contributed by atoms with Crippen LogP contribution < -0.4 is 5.73 Å². The number of imide groups is 1. The summed E-state index contributed by atoms with van der Waals surface area (Å²) in [7, 11) is 0. The zero-order valence-corrected chi connectivity index (χ0v) is 13.0. The van der Waals surface area contributed by atoms with E-state index < -0.39 is 6.04 Å². The smallest absolute Gasteiger partial charge is 0.229 e. The van der Waals surface area contributed by atoms with Crippen molar-refractivity contribution in [1.82, 2.24) is 4.90 Å². The van der Waals surface area contributed by atoms with E-state index in [1.165, 1.54) is 0 Å².